The van der Waals surface area contributed by atoms with E-state index in [9.17, 15) is 4.79 Å². The Hall–Kier alpha value is -2.67. The van der Waals surface area contributed by atoms with Gasteiger partial charge in [0.25, 0.3) is 0 Å². The van der Waals surface area contributed by atoms with Crippen molar-refractivity contribution >= 4 is 11.7 Å². The third kappa shape index (κ3) is 2.67. The van der Waals surface area contributed by atoms with Gasteiger partial charge in [-0.1, -0.05) is 30.3 Å². The smallest absolute Gasteiger partial charge is 0.235 e. The van der Waals surface area contributed by atoms with Crippen LogP contribution < -0.4 is 5.32 Å². The fourth-order valence-electron chi connectivity index (χ4n) is 1.84. The first kappa shape index (κ1) is 13.8. The van der Waals surface area contributed by atoms with Gasteiger partial charge in [-0.25, -0.2) is 4.98 Å². The second kappa shape index (κ2) is 5.54. The van der Waals surface area contributed by atoms with E-state index in [0.29, 0.717) is 11.4 Å². The number of nitriles is 1. The Morgan fingerprint density at radius 2 is 1.90 bits per heavy atom. The first-order chi connectivity index (χ1) is 9.55. The van der Waals surface area contributed by atoms with Crippen molar-refractivity contribution in [2.75, 3.05) is 5.32 Å². The Kier molecular flexibility index (Phi) is 3.81. The van der Waals surface area contributed by atoms with Gasteiger partial charge in [-0.15, -0.1) is 0 Å². The van der Waals surface area contributed by atoms with Crippen molar-refractivity contribution in [3.05, 3.63) is 59.8 Å². The maximum atomic E-state index is 12.4. The fraction of sp³-hybridized carbons (Fsp3) is 0.188. The van der Waals surface area contributed by atoms with Crippen molar-refractivity contribution in [2.24, 2.45) is 0 Å². The average Bonchev–Trinajstić information content (AvgIpc) is 2.48. The first-order valence-corrected chi connectivity index (χ1v) is 6.28. The molecule has 0 radical (unpaired) electrons. The molecule has 0 aliphatic heterocycles. The first-order valence-electron chi connectivity index (χ1n) is 6.28. The molecule has 4 heteroatoms. The predicted octanol–water partition coefficient (Wildman–Crippen LogP) is 2.87. The summed E-state index contributed by atoms with van der Waals surface area (Å²) in [6.07, 6.45) is 1.55. The molecule has 2 aromatic rings. The summed E-state index contributed by atoms with van der Waals surface area (Å²) in [4.78, 5) is 16.5. The molecule has 1 aromatic heterocycles. The Morgan fingerprint density at radius 1 is 1.20 bits per heavy atom. The van der Waals surface area contributed by atoms with Gasteiger partial charge in [0.15, 0.2) is 0 Å². The molecule has 0 atom stereocenters. The van der Waals surface area contributed by atoms with Gasteiger partial charge < -0.3 is 5.32 Å². The molecule has 100 valence electrons. The highest BCUT2D eigenvalue weighted by molar-refractivity contribution is 5.98. The van der Waals surface area contributed by atoms with Gasteiger partial charge in [-0.05, 0) is 31.5 Å². The van der Waals surface area contributed by atoms with Gasteiger partial charge in [0.05, 0.1) is 11.0 Å². The monoisotopic (exact) mass is 265 g/mol. The minimum atomic E-state index is -0.703. The van der Waals surface area contributed by atoms with E-state index >= 15 is 0 Å². The number of nitrogens with zero attached hydrogens (tertiary/aromatic N) is 2. The molecular formula is C16H15N3O. The molecule has 2 rings (SSSR count). The number of amides is 1. The molecule has 0 aliphatic carbocycles. The Balaban J connectivity index is 2.26. The highest BCUT2D eigenvalue weighted by Gasteiger charge is 2.30. The predicted molar refractivity (Wildman–Crippen MR) is 77.0 cm³/mol. The van der Waals surface area contributed by atoms with E-state index in [1.54, 1.807) is 18.3 Å². The third-order valence-electron chi connectivity index (χ3n) is 3.22. The van der Waals surface area contributed by atoms with E-state index < -0.39 is 5.41 Å². The SMILES string of the molecule is CC(C)(C(=O)Nc1ncccc1C#N)c1ccccc1. The van der Waals surface area contributed by atoms with Crippen molar-refractivity contribution in [2.45, 2.75) is 19.3 Å². The summed E-state index contributed by atoms with van der Waals surface area (Å²) < 4.78 is 0. The number of benzene rings is 1. The number of rotatable bonds is 3. The molecule has 20 heavy (non-hydrogen) atoms. The van der Waals surface area contributed by atoms with E-state index in [1.165, 1.54) is 0 Å². The molecule has 0 unspecified atom stereocenters. The lowest BCUT2D eigenvalue weighted by molar-refractivity contribution is -0.120. The Bertz CT molecular complexity index is 657. The summed E-state index contributed by atoms with van der Waals surface area (Å²) in [6, 6.07) is 14.8. The highest BCUT2D eigenvalue weighted by atomic mass is 16.2. The molecule has 0 saturated carbocycles. The summed E-state index contributed by atoms with van der Waals surface area (Å²) in [7, 11) is 0. The molecule has 4 nitrogen and oxygen atoms in total. The van der Waals surface area contributed by atoms with Crippen molar-refractivity contribution in [3.8, 4) is 6.07 Å². The second-order valence-corrected chi connectivity index (χ2v) is 4.96. The van der Waals surface area contributed by atoms with Crippen LogP contribution in [0.4, 0.5) is 5.82 Å². The molecule has 0 fully saturated rings. The van der Waals surface area contributed by atoms with Crippen LogP contribution >= 0.6 is 0 Å². The van der Waals surface area contributed by atoms with E-state index in [2.05, 4.69) is 10.3 Å². The number of aromatic nitrogens is 1. The minimum absolute atomic E-state index is 0.195. The zero-order valence-electron chi connectivity index (χ0n) is 11.4. The van der Waals surface area contributed by atoms with Crippen LogP contribution in [0, 0.1) is 11.3 Å². The van der Waals surface area contributed by atoms with E-state index in [0.717, 1.165) is 5.56 Å². The van der Waals surface area contributed by atoms with Crippen molar-refractivity contribution in [3.63, 3.8) is 0 Å². The van der Waals surface area contributed by atoms with Crippen LogP contribution in [0.2, 0.25) is 0 Å². The largest absolute Gasteiger partial charge is 0.309 e. The van der Waals surface area contributed by atoms with Crippen LogP contribution in [0.3, 0.4) is 0 Å². The fourth-order valence-corrected chi connectivity index (χ4v) is 1.84. The maximum absolute atomic E-state index is 12.4. The standard InChI is InChI=1S/C16H15N3O/c1-16(2,13-8-4-3-5-9-13)15(20)19-14-12(11-17)7-6-10-18-14/h3-10H,1-2H3,(H,18,19,20). The summed E-state index contributed by atoms with van der Waals surface area (Å²) in [6.45, 7) is 3.68. The van der Waals surface area contributed by atoms with Gasteiger partial charge in [0.1, 0.15) is 11.9 Å². The molecule has 0 bridgehead atoms. The highest BCUT2D eigenvalue weighted by Crippen LogP contribution is 2.25. The third-order valence-corrected chi connectivity index (χ3v) is 3.22. The molecule has 1 amide bonds. The second-order valence-electron chi connectivity index (χ2n) is 4.96. The van der Waals surface area contributed by atoms with Crippen LogP contribution in [0.15, 0.2) is 48.7 Å². The van der Waals surface area contributed by atoms with Crippen LogP contribution in [0.25, 0.3) is 0 Å². The molecule has 0 aliphatic rings. The number of pyridine rings is 1. The quantitative estimate of drug-likeness (QED) is 0.928. The van der Waals surface area contributed by atoms with Crippen LogP contribution in [-0.2, 0) is 10.2 Å². The molecule has 0 saturated heterocycles. The van der Waals surface area contributed by atoms with Crippen LogP contribution in [-0.4, -0.2) is 10.9 Å². The summed E-state index contributed by atoms with van der Waals surface area (Å²) in [5.74, 6) is 0.0999. The molecular weight excluding hydrogens is 250 g/mol. The summed E-state index contributed by atoms with van der Waals surface area (Å²) in [5, 5.41) is 11.7. The van der Waals surface area contributed by atoms with Gasteiger partial charge in [0.2, 0.25) is 5.91 Å². The van der Waals surface area contributed by atoms with Crippen LogP contribution in [0.5, 0.6) is 0 Å². The molecule has 1 aromatic carbocycles. The summed E-state index contributed by atoms with van der Waals surface area (Å²) >= 11 is 0. The summed E-state index contributed by atoms with van der Waals surface area (Å²) in [5.41, 5.74) is 0.558. The van der Waals surface area contributed by atoms with Crippen LogP contribution in [0.1, 0.15) is 25.0 Å². The van der Waals surface area contributed by atoms with Gasteiger partial charge in [-0.2, -0.15) is 5.26 Å². The van der Waals surface area contributed by atoms with Gasteiger partial charge in [0, 0.05) is 6.20 Å². The lowest BCUT2D eigenvalue weighted by atomic mass is 9.84. The minimum Gasteiger partial charge on any atom is -0.309 e. The number of carbonyl (C=O) groups is 1. The van der Waals surface area contributed by atoms with Gasteiger partial charge in [-0.3, -0.25) is 4.79 Å². The lowest BCUT2D eigenvalue weighted by Crippen LogP contribution is -2.35. The number of anilines is 1. The zero-order chi connectivity index (χ0) is 14.6. The lowest BCUT2D eigenvalue weighted by Gasteiger charge is -2.24. The zero-order valence-corrected chi connectivity index (χ0v) is 11.4. The normalized spacial score (nSPS) is 10.7. The van der Waals surface area contributed by atoms with Gasteiger partial charge >= 0.3 is 0 Å². The molecule has 1 heterocycles. The molecule has 1 N–H and O–H groups in total. The van der Waals surface area contributed by atoms with E-state index in [1.807, 2.05) is 50.2 Å². The van der Waals surface area contributed by atoms with E-state index in [4.69, 9.17) is 5.26 Å². The van der Waals surface area contributed by atoms with Crippen molar-refractivity contribution < 1.29 is 4.79 Å². The number of hydrogen-bond donors (Lipinski definition) is 1. The number of hydrogen-bond acceptors (Lipinski definition) is 3. The average molecular weight is 265 g/mol. The van der Waals surface area contributed by atoms with E-state index in [-0.39, 0.29) is 5.91 Å². The Morgan fingerprint density at radius 3 is 2.55 bits per heavy atom. The number of nitrogens with one attached hydrogen (secondary N) is 1. The number of carbonyl (C=O) groups excluding carboxylic acids is 1. The van der Waals surface area contributed by atoms with Crippen molar-refractivity contribution in [1.29, 1.82) is 5.26 Å². The van der Waals surface area contributed by atoms with Crippen molar-refractivity contribution in [1.82, 2.24) is 4.98 Å². The topological polar surface area (TPSA) is 65.8 Å². The maximum Gasteiger partial charge on any atom is 0.235 e. The Labute approximate surface area is 118 Å². The molecule has 0 spiro atoms.